The highest BCUT2D eigenvalue weighted by Crippen LogP contribution is 2.35. The molecule has 28 heavy (non-hydrogen) atoms. The Labute approximate surface area is 161 Å². The van der Waals surface area contributed by atoms with Crippen LogP contribution in [0.2, 0.25) is 5.02 Å². The molecule has 0 fully saturated rings. The Bertz CT molecular complexity index is 1030. The van der Waals surface area contributed by atoms with Crippen molar-refractivity contribution < 1.29 is 22.4 Å². The average Bonchev–Trinajstić information content (AvgIpc) is 3.05. The number of aromatic nitrogens is 2. The average molecular weight is 415 g/mol. The monoisotopic (exact) mass is 414 g/mol. The quantitative estimate of drug-likeness (QED) is 0.434. The molecule has 0 bridgehead atoms. The number of halogens is 5. The number of rotatable bonds is 5. The maximum absolute atomic E-state index is 14.5. The molecule has 1 aromatic heterocycles. The van der Waals surface area contributed by atoms with Gasteiger partial charge >= 0.3 is 6.18 Å². The van der Waals surface area contributed by atoms with Gasteiger partial charge in [-0.05, 0) is 43.3 Å². The minimum Gasteiger partial charge on any atom is -0.352 e. The van der Waals surface area contributed by atoms with Gasteiger partial charge in [0.25, 0.3) is 5.91 Å². The molecule has 3 aromatic rings. The van der Waals surface area contributed by atoms with E-state index in [1.807, 2.05) is 0 Å². The number of alkyl halides is 3. The van der Waals surface area contributed by atoms with Crippen LogP contribution < -0.4 is 11.1 Å². The molecular formula is C18H15ClF4N4O. The first-order valence-electron chi connectivity index (χ1n) is 8.25. The van der Waals surface area contributed by atoms with E-state index in [1.165, 1.54) is 12.1 Å². The summed E-state index contributed by atoms with van der Waals surface area (Å²) in [5, 5.41) is 2.40. The Morgan fingerprint density at radius 3 is 2.64 bits per heavy atom. The van der Waals surface area contributed by atoms with E-state index in [4.69, 9.17) is 17.3 Å². The molecule has 5 nitrogen and oxygen atoms in total. The smallest absolute Gasteiger partial charge is 0.352 e. The number of nitrogens with zero attached hydrogens (tertiary/aromatic N) is 1. The Balaban J connectivity index is 1.94. The molecule has 2 aromatic carbocycles. The molecule has 1 amide bonds. The highest BCUT2D eigenvalue weighted by Gasteiger charge is 2.32. The van der Waals surface area contributed by atoms with Crippen molar-refractivity contribution in [3.05, 3.63) is 52.3 Å². The summed E-state index contributed by atoms with van der Waals surface area (Å²) in [6, 6.07) is 5.37. The highest BCUT2D eigenvalue weighted by atomic mass is 35.5. The van der Waals surface area contributed by atoms with Crippen LogP contribution in [0.3, 0.4) is 0 Å². The number of nitrogens with two attached hydrogens (primary N) is 1. The number of hydrogen-bond acceptors (Lipinski definition) is 3. The van der Waals surface area contributed by atoms with E-state index in [0.717, 1.165) is 18.2 Å². The van der Waals surface area contributed by atoms with E-state index in [-0.39, 0.29) is 33.0 Å². The van der Waals surface area contributed by atoms with Crippen molar-refractivity contribution >= 4 is 28.5 Å². The standard InChI is InChI=1S/C18H15ClF4N4O/c19-12-7-10(18(21,22)23)8-14-15(12)27-16(26-14)11-3-2-9(6-13(11)20)17(28)25-5-1-4-24/h2-3,6-8H,1,4-5,24H2,(H,25,28)(H,26,27). The number of fused-ring (bicyclic) bond motifs is 1. The number of imidazole rings is 1. The van der Waals surface area contributed by atoms with Crippen LogP contribution in [0.4, 0.5) is 17.6 Å². The molecule has 10 heteroatoms. The highest BCUT2D eigenvalue weighted by molar-refractivity contribution is 6.35. The van der Waals surface area contributed by atoms with Gasteiger partial charge in [-0.25, -0.2) is 9.37 Å². The lowest BCUT2D eigenvalue weighted by molar-refractivity contribution is -0.137. The molecule has 4 N–H and O–H groups in total. The fourth-order valence-electron chi connectivity index (χ4n) is 2.62. The first-order chi connectivity index (χ1) is 13.2. The third-order valence-electron chi connectivity index (χ3n) is 4.02. The molecule has 0 atom stereocenters. The van der Waals surface area contributed by atoms with Crippen LogP contribution in [0.25, 0.3) is 22.4 Å². The van der Waals surface area contributed by atoms with Crippen LogP contribution in [0.1, 0.15) is 22.3 Å². The summed E-state index contributed by atoms with van der Waals surface area (Å²) < 4.78 is 53.3. The summed E-state index contributed by atoms with van der Waals surface area (Å²) in [4.78, 5) is 18.7. The summed E-state index contributed by atoms with van der Waals surface area (Å²) >= 11 is 5.90. The molecule has 0 aliphatic rings. The number of H-pyrrole nitrogens is 1. The second-order valence-corrected chi connectivity index (χ2v) is 6.44. The summed E-state index contributed by atoms with van der Waals surface area (Å²) in [7, 11) is 0. The second kappa shape index (κ2) is 7.76. The fraction of sp³-hybridized carbons (Fsp3) is 0.222. The third kappa shape index (κ3) is 4.10. The molecule has 148 valence electrons. The van der Waals surface area contributed by atoms with E-state index >= 15 is 0 Å². The van der Waals surface area contributed by atoms with E-state index < -0.39 is 23.5 Å². The van der Waals surface area contributed by atoms with Crippen molar-refractivity contribution in [2.45, 2.75) is 12.6 Å². The predicted octanol–water partition coefficient (Wildman–Crippen LogP) is 4.12. The number of hydrogen-bond donors (Lipinski definition) is 3. The molecule has 1 heterocycles. The number of carbonyl (C=O) groups excluding carboxylic acids is 1. The van der Waals surface area contributed by atoms with Crippen molar-refractivity contribution in [2.24, 2.45) is 5.73 Å². The first kappa shape index (κ1) is 20.1. The molecule has 0 saturated heterocycles. The first-order valence-corrected chi connectivity index (χ1v) is 8.63. The summed E-state index contributed by atoms with van der Waals surface area (Å²) in [5.41, 5.74) is 4.62. The minimum atomic E-state index is -4.58. The number of carbonyl (C=O) groups is 1. The maximum Gasteiger partial charge on any atom is 0.416 e. The normalized spacial score (nSPS) is 11.8. The van der Waals surface area contributed by atoms with Crippen molar-refractivity contribution in [3.8, 4) is 11.4 Å². The predicted molar refractivity (Wildman–Crippen MR) is 97.5 cm³/mol. The van der Waals surface area contributed by atoms with Crippen molar-refractivity contribution in [2.75, 3.05) is 13.1 Å². The second-order valence-electron chi connectivity index (χ2n) is 6.03. The van der Waals surface area contributed by atoms with E-state index in [2.05, 4.69) is 15.3 Å². The van der Waals surface area contributed by atoms with Gasteiger partial charge in [0.2, 0.25) is 0 Å². The van der Waals surface area contributed by atoms with Gasteiger partial charge in [0.05, 0.1) is 21.7 Å². The van der Waals surface area contributed by atoms with Crippen LogP contribution in [-0.2, 0) is 6.18 Å². The van der Waals surface area contributed by atoms with Crippen LogP contribution in [0.15, 0.2) is 30.3 Å². The Kier molecular flexibility index (Phi) is 5.57. The molecule has 0 aliphatic heterocycles. The van der Waals surface area contributed by atoms with Gasteiger partial charge in [-0.1, -0.05) is 11.6 Å². The summed E-state index contributed by atoms with van der Waals surface area (Å²) in [6.07, 6.45) is -3.99. The Hall–Kier alpha value is -2.65. The zero-order valence-electron chi connectivity index (χ0n) is 14.3. The van der Waals surface area contributed by atoms with Gasteiger partial charge in [0.1, 0.15) is 17.2 Å². The van der Waals surface area contributed by atoms with Crippen LogP contribution in [0.5, 0.6) is 0 Å². The topological polar surface area (TPSA) is 83.8 Å². The van der Waals surface area contributed by atoms with Crippen LogP contribution >= 0.6 is 11.6 Å². The maximum atomic E-state index is 14.5. The van der Waals surface area contributed by atoms with E-state index in [9.17, 15) is 22.4 Å². The van der Waals surface area contributed by atoms with Crippen LogP contribution in [-0.4, -0.2) is 29.0 Å². The van der Waals surface area contributed by atoms with Gasteiger partial charge in [-0.2, -0.15) is 13.2 Å². The lowest BCUT2D eigenvalue weighted by atomic mass is 10.1. The van der Waals surface area contributed by atoms with Gasteiger partial charge < -0.3 is 16.0 Å². The number of benzene rings is 2. The number of nitrogens with one attached hydrogen (secondary N) is 2. The van der Waals surface area contributed by atoms with Gasteiger partial charge in [-0.3, -0.25) is 4.79 Å². The third-order valence-corrected chi connectivity index (χ3v) is 4.31. The molecule has 0 spiro atoms. The lowest BCUT2D eigenvalue weighted by Gasteiger charge is -2.06. The van der Waals surface area contributed by atoms with E-state index in [0.29, 0.717) is 19.5 Å². The summed E-state index contributed by atoms with van der Waals surface area (Å²) in [6.45, 7) is 0.778. The van der Waals surface area contributed by atoms with Gasteiger partial charge in [-0.15, -0.1) is 0 Å². The largest absolute Gasteiger partial charge is 0.416 e. The number of aromatic amines is 1. The zero-order valence-corrected chi connectivity index (χ0v) is 15.1. The fourth-order valence-corrected chi connectivity index (χ4v) is 2.88. The molecule has 0 unspecified atom stereocenters. The minimum absolute atomic E-state index is 0.000617. The van der Waals surface area contributed by atoms with Crippen LogP contribution in [0, 0.1) is 5.82 Å². The molecule has 0 radical (unpaired) electrons. The summed E-state index contributed by atoms with van der Waals surface area (Å²) in [5.74, 6) is -1.21. The van der Waals surface area contributed by atoms with Gasteiger partial charge in [0.15, 0.2) is 0 Å². The molecule has 0 saturated carbocycles. The SMILES string of the molecule is NCCCNC(=O)c1ccc(-c2nc3c(Cl)cc(C(F)(F)F)cc3[nH]2)c(F)c1. The van der Waals surface area contributed by atoms with E-state index in [1.54, 1.807) is 0 Å². The van der Waals surface area contributed by atoms with Crippen molar-refractivity contribution in [3.63, 3.8) is 0 Å². The molecular weight excluding hydrogens is 400 g/mol. The Morgan fingerprint density at radius 2 is 2.00 bits per heavy atom. The zero-order chi connectivity index (χ0) is 20.5. The molecule has 0 aliphatic carbocycles. The Morgan fingerprint density at radius 1 is 1.25 bits per heavy atom. The molecule has 3 rings (SSSR count). The van der Waals surface area contributed by atoms with Crippen molar-refractivity contribution in [1.29, 1.82) is 0 Å². The number of amides is 1. The van der Waals surface area contributed by atoms with Crippen molar-refractivity contribution in [1.82, 2.24) is 15.3 Å². The lowest BCUT2D eigenvalue weighted by Crippen LogP contribution is -2.26. The van der Waals surface area contributed by atoms with Gasteiger partial charge in [0, 0.05) is 12.1 Å².